The summed E-state index contributed by atoms with van der Waals surface area (Å²) in [4.78, 5) is 13.6. The second-order valence-corrected chi connectivity index (χ2v) is 14.8. The third-order valence-electron chi connectivity index (χ3n) is 5.77. The topological polar surface area (TPSA) is 145 Å². The maximum atomic E-state index is 13.8. The van der Waals surface area contributed by atoms with Crippen molar-refractivity contribution in [1.82, 2.24) is 4.57 Å². The summed E-state index contributed by atoms with van der Waals surface area (Å²) in [6.07, 6.45) is 3.58. The molecular weight excluding hydrogens is 535 g/mol. The molecule has 0 aliphatic carbocycles. The molecule has 1 aliphatic rings. The van der Waals surface area contributed by atoms with Crippen molar-refractivity contribution in [2.45, 2.75) is 33.7 Å². The molecule has 0 saturated carbocycles. The zero-order valence-corrected chi connectivity index (χ0v) is 23.7. The highest BCUT2D eigenvalue weighted by Gasteiger charge is 2.35. The standard InChI is InChI=1S/C24H31N4O6PS2/c1-24(2,3)9-10-28-13-17(15-8-11-36-14-15)21(29)20(23(28)30)22-25-18-7-6-16(27-37(5,32)33)12-19(18)35(31,26-22)34-4/h6-8,11-14,27,29,32-33H,9-10H2,1-5H3,(H,25,26,31). The first-order chi connectivity index (χ1) is 17.2. The lowest BCUT2D eigenvalue weighted by molar-refractivity contribution is 0.347. The van der Waals surface area contributed by atoms with Crippen LogP contribution in [0.2, 0.25) is 0 Å². The molecule has 13 heteroatoms. The Morgan fingerprint density at radius 2 is 2.00 bits per heavy atom. The summed E-state index contributed by atoms with van der Waals surface area (Å²) in [6, 6.07) is 6.44. The molecule has 200 valence electrons. The molecule has 0 spiro atoms. The van der Waals surface area contributed by atoms with Crippen LogP contribution in [0.5, 0.6) is 5.75 Å². The number of thiophene rings is 1. The van der Waals surface area contributed by atoms with Crippen LogP contribution in [0, 0.1) is 5.41 Å². The molecule has 2 aromatic heterocycles. The van der Waals surface area contributed by atoms with Crippen molar-refractivity contribution in [1.29, 1.82) is 0 Å². The molecule has 4 rings (SSSR count). The molecule has 3 aromatic rings. The normalized spacial score (nSPS) is 18.1. The van der Waals surface area contributed by atoms with Crippen LogP contribution in [0.4, 0.5) is 11.4 Å². The van der Waals surface area contributed by atoms with Gasteiger partial charge in [0, 0.05) is 31.7 Å². The molecule has 1 aliphatic heterocycles. The number of rotatable bonds is 7. The van der Waals surface area contributed by atoms with Crippen molar-refractivity contribution in [3.8, 4) is 16.9 Å². The predicted octanol–water partition coefficient (Wildman–Crippen LogP) is 5.76. The molecule has 1 unspecified atom stereocenters. The highest BCUT2D eigenvalue weighted by molar-refractivity contribution is 8.24. The van der Waals surface area contributed by atoms with Gasteiger partial charge < -0.3 is 19.5 Å². The van der Waals surface area contributed by atoms with E-state index in [1.807, 2.05) is 16.8 Å². The van der Waals surface area contributed by atoms with Crippen molar-refractivity contribution in [2.24, 2.45) is 10.2 Å². The third kappa shape index (κ3) is 5.95. The van der Waals surface area contributed by atoms with Crippen LogP contribution in [-0.4, -0.2) is 38.0 Å². The van der Waals surface area contributed by atoms with E-state index in [1.54, 1.807) is 22.9 Å². The summed E-state index contributed by atoms with van der Waals surface area (Å²) < 4.78 is 47.1. The van der Waals surface area contributed by atoms with Gasteiger partial charge in [-0.15, -0.1) is 10.8 Å². The van der Waals surface area contributed by atoms with E-state index < -0.39 is 23.9 Å². The molecule has 3 heterocycles. The lowest BCUT2D eigenvalue weighted by Gasteiger charge is -2.30. The summed E-state index contributed by atoms with van der Waals surface area (Å²) in [5, 5.41) is 18.2. The summed E-state index contributed by atoms with van der Waals surface area (Å²) in [5.41, 5.74) is 1.26. The monoisotopic (exact) mass is 566 g/mol. The van der Waals surface area contributed by atoms with Crippen LogP contribution < -0.4 is 20.9 Å². The van der Waals surface area contributed by atoms with Crippen molar-refractivity contribution >= 4 is 52.1 Å². The van der Waals surface area contributed by atoms with Crippen molar-refractivity contribution in [2.75, 3.05) is 23.4 Å². The number of anilines is 2. The van der Waals surface area contributed by atoms with Crippen molar-refractivity contribution < 1.29 is 23.3 Å². The molecule has 5 N–H and O–H groups in total. The van der Waals surface area contributed by atoms with Gasteiger partial charge in [0.05, 0.1) is 16.7 Å². The number of aryl methyl sites for hydroxylation is 1. The third-order valence-corrected chi connectivity index (χ3v) is 9.01. The Labute approximate surface area is 221 Å². The molecule has 37 heavy (non-hydrogen) atoms. The number of benzene rings is 1. The molecule has 0 bridgehead atoms. The zero-order chi connectivity index (χ0) is 27.2. The maximum absolute atomic E-state index is 13.8. The average Bonchev–Trinajstić information content (AvgIpc) is 3.32. The van der Waals surface area contributed by atoms with E-state index in [0.29, 0.717) is 29.9 Å². The van der Waals surface area contributed by atoms with Gasteiger partial charge in [-0.2, -0.15) is 16.1 Å². The number of aromatic hydroxyl groups is 1. The number of fused-ring (bicyclic) bond motifs is 1. The number of hydrogen-bond donors (Lipinski definition) is 5. The summed E-state index contributed by atoms with van der Waals surface area (Å²) in [6.45, 7) is 6.66. The molecule has 1 aromatic carbocycles. The number of nitrogens with zero attached hydrogens (tertiary/aromatic N) is 2. The number of amidine groups is 1. The maximum Gasteiger partial charge on any atom is 0.348 e. The SMILES string of the molecule is COP1(=O)N=C(c2c(O)c(-c3ccsc3)cn(CCC(C)(C)C)c2=O)Nc2ccc(NS(C)(O)O)cc21. The van der Waals surface area contributed by atoms with Gasteiger partial charge in [0.1, 0.15) is 11.3 Å². The fraction of sp³-hybridized carbons (Fsp3) is 0.333. The minimum Gasteiger partial charge on any atom is -0.506 e. The number of nitrogens with one attached hydrogen (secondary N) is 2. The fourth-order valence-electron chi connectivity index (χ4n) is 3.87. The molecule has 10 nitrogen and oxygen atoms in total. The van der Waals surface area contributed by atoms with Gasteiger partial charge in [-0.05, 0) is 52.4 Å². The van der Waals surface area contributed by atoms with Crippen molar-refractivity contribution in [3.63, 3.8) is 0 Å². The number of aromatic nitrogens is 1. The van der Waals surface area contributed by atoms with Gasteiger partial charge in [0.15, 0.2) is 5.84 Å². The Kier molecular flexibility index (Phi) is 7.37. The lowest BCUT2D eigenvalue weighted by atomic mass is 9.92. The second kappa shape index (κ2) is 9.94. The summed E-state index contributed by atoms with van der Waals surface area (Å²) in [5.74, 6) is -0.340. The Bertz CT molecular complexity index is 1460. The van der Waals surface area contributed by atoms with Crippen LogP contribution in [0.15, 0.2) is 50.8 Å². The van der Waals surface area contributed by atoms with E-state index in [0.717, 1.165) is 5.56 Å². The number of hydrogen-bond acceptors (Lipinski definition) is 9. The summed E-state index contributed by atoms with van der Waals surface area (Å²) >= 11 is 1.46. The Morgan fingerprint density at radius 1 is 1.27 bits per heavy atom. The average molecular weight is 567 g/mol. The van der Waals surface area contributed by atoms with E-state index in [4.69, 9.17) is 4.52 Å². The largest absolute Gasteiger partial charge is 0.506 e. The molecule has 1 atom stereocenters. The van der Waals surface area contributed by atoms with E-state index in [1.165, 1.54) is 30.8 Å². The molecule has 0 saturated heterocycles. The van der Waals surface area contributed by atoms with Crippen molar-refractivity contribution in [3.05, 3.63) is 57.1 Å². The van der Waals surface area contributed by atoms with Crippen LogP contribution in [0.1, 0.15) is 32.8 Å². The molecule has 0 amide bonds. The Hall–Kier alpha value is -2.60. The highest BCUT2D eigenvalue weighted by atomic mass is 32.3. The lowest BCUT2D eigenvalue weighted by Crippen LogP contribution is -2.34. The van der Waals surface area contributed by atoms with Crippen LogP contribution >= 0.6 is 29.6 Å². The smallest absolute Gasteiger partial charge is 0.348 e. The van der Waals surface area contributed by atoms with E-state index in [9.17, 15) is 23.6 Å². The fourth-order valence-corrected chi connectivity index (χ4v) is 6.63. The summed E-state index contributed by atoms with van der Waals surface area (Å²) in [7, 11) is -5.73. The van der Waals surface area contributed by atoms with E-state index in [-0.39, 0.29) is 27.9 Å². The van der Waals surface area contributed by atoms with E-state index >= 15 is 0 Å². The molecule has 0 fully saturated rings. The predicted molar refractivity (Wildman–Crippen MR) is 153 cm³/mol. The van der Waals surface area contributed by atoms with Gasteiger partial charge in [-0.1, -0.05) is 20.8 Å². The minimum absolute atomic E-state index is 0.0298. The highest BCUT2D eigenvalue weighted by Crippen LogP contribution is 2.52. The number of pyridine rings is 1. The van der Waals surface area contributed by atoms with Gasteiger partial charge in [-0.3, -0.25) is 23.2 Å². The molecule has 0 radical (unpaired) electrons. The molecular formula is C24H31N4O6PS2. The first kappa shape index (κ1) is 27.4. The Balaban J connectivity index is 1.88. The van der Waals surface area contributed by atoms with E-state index in [2.05, 4.69) is 35.6 Å². The van der Waals surface area contributed by atoms with Crippen LogP contribution in [-0.2, 0) is 15.6 Å². The quantitative estimate of drug-likeness (QED) is 0.227. The van der Waals surface area contributed by atoms with Gasteiger partial charge in [-0.25, -0.2) is 0 Å². The van der Waals surface area contributed by atoms with Crippen LogP contribution in [0.25, 0.3) is 11.1 Å². The minimum atomic E-state index is -3.90. The van der Waals surface area contributed by atoms with Crippen LogP contribution in [0.3, 0.4) is 0 Å². The van der Waals surface area contributed by atoms with Gasteiger partial charge in [0.2, 0.25) is 0 Å². The first-order valence-corrected chi connectivity index (χ1v) is 15.9. The second-order valence-electron chi connectivity index (χ2n) is 10.0. The zero-order valence-electron chi connectivity index (χ0n) is 21.2. The van der Waals surface area contributed by atoms with Gasteiger partial charge >= 0.3 is 7.52 Å². The Morgan fingerprint density at radius 3 is 2.59 bits per heavy atom. The first-order valence-electron chi connectivity index (χ1n) is 11.4. The van der Waals surface area contributed by atoms with Gasteiger partial charge in [0.25, 0.3) is 5.56 Å².